The van der Waals surface area contributed by atoms with Gasteiger partial charge in [-0.3, -0.25) is 9.59 Å². The molecule has 0 saturated carbocycles. The van der Waals surface area contributed by atoms with Crippen molar-refractivity contribution in [1.29, 1.82) is 0 Å². The number of carbonyl (C=O) groups excluding carboxylic acids is 2. The summed E-state index contributed by atoms with van der Waals surface area (Å²) in [5.41, 5.74) is 6.30. The molecule has 0 N–H and O–H groups in total. The second-order valence-corrected chi connectivity index (χ2v) is 7.05. The van der Waals surface area contributed by atoms with Gasteiger partial charge in [0.2, 0.25) is 0 Å². The lowest BCUT2D eigenvalue weighted by Gasteiger charge is -2.21. The molecule has 27 heavy (non-hydrogen) atoms. The highest BCUT2D eigenvalue weighted by molar-refractivity contribution is 6.29. The van der Waals surface area contributed by atoms with Crippen molar-refractivity contribution in [1.82, 2.24) is 0 Å². The Hall–Kier alpha value is -3.20. The molecular formula is C24H20O3. The van der Waals surface area contributed by atoms with Gasteiger partial charge in [-0.15, -0.1) is 0 Å². The average molecular weight is 356 g/mol. The van der Waals surface area contributed by atoms with Crippen LogP contribution < -0.4 is 4.74 Å². The first-order chi connectivity index (χ1) is 13.0. The monoisotopic (exact) mass is 356 g/mol. The van der Waals surface area contributed by atoms with Crippen molar-refractivity contribution in [3.8, 4) is 5.75 Å². The zero-order chi connectivity index (χ0) is 19.1. The molecule has 3 aromatic carbocycles. The van der Waals surface area contributed by atoms with Crippen molar-refractivity contribution < 1.29 is 14.3 Å². The Morgan fingerprint density at radius 1 is 0.741 bits per heavy atom. The maximum absolute atomic E-state index is 13.0. The molecule has 0 aliphatic heterocycles. The normalized spacial score (nSPS) is 12.6. The van der Waals surface area contributed by atoms with Crippen molar-refractivity contribution >= 4 is 11.6 Å². The fourth-order valence-corrected chi connectivity index (χ4v) is 3.82. The van der Waals surface area contributed by atoms with E-state index in [1.807, 2.05) is 0 Å². The number of fused-ring (bicyclic) bond motifs is 2. The van der Waals surface area contributed by atoms with E-state index in [4.69, 9.17) is 4.74 Å². The van der Waals surface area contributed by atoms with Crippen LogP contribution in [0.1, 0.15) is 54.1 Å². The van der Waals surface area contributed by atoms with Gasteiger partial charge in [0.15, 0.2) is 11.6 Å². The number of ether oxygens (including phenoxy) is 1. The van der Waals surface area contributed by atoms with Crippen LogP contribution in [0.5, 0.6) is 5.75 Å². The molecule has 3 heteroatoms. The van der Waals surface area contributed by atoms with Gasteiger partial charge in [0.25, 0.3) is 0 Å². The number of benzene rings is 3. The number of ketones is 2. The van der Waals surface area contributed by atoms with E-state index < -0.39 is 0 Å². The van der Waals surface area contributed by atoms with Crippen LogP contribution in [0, 0.1) is 20.8 Å². The lowest BCUT2D eigenvalue weighted by molar-refractivity contribution is 0.0975. The minimum atomic E-state index is -0.159. The molecule has 4 rings (SSSR count). The molecule has 1 aliphatic carbocycles. The topological polar surface area (TPSA) is 43.4 Å². The number of carbonyl (C=O) groups is 2. The minimum absolute atomic E-state index is 0.131. The summed E-state index contributed by atoms with van der Waals surface area (Å²) in [6.07, 6.45) is 0. The predicted molar refractivity (Wildman–Crippen MR) is 105 cm³/mol. The second-order valence-electron chi connectivity index (χ2n) is 7.05. The van der Waals surface area contributed by atoms with Crippen LogP contribution in [0.4, 0.5) is 0 Å². The van der Waals surface area contributed by atoms with E-state index in [1.54, 1.807) is 42.5 Å². The molecule has 0 heterocycles. The zero-order valence-corrected chi connectivity index (χ0v) is 15.6. The number of rotatable bonds is 3. The van der Waals surface area contributed by atoms with Crippen LogP contribution in [0.3, 0.4) is 0 Å². The van der Waals surface area contributed by atoms with Crippen molar-refractivity contribution in [2.45, 2.75) is 27.4 Å². The smallest absolute Gasteiger partial charge is 0.198 e. The first kappa shape index (κ1) is 17.2. The summed E-state index contributed by atoms with van der Waals surface area (Å²) in [5, 5.41) is 0. The van der Waals surface area contributed by atoms with Crippen LogP contribution in [0.25, 0.3) is 0 Å². The van der Waals surface area contributed by atoms with Crippen molar-refractivity contribution in [3.63, 3.8) is 0 Å². The van der Waals surface area contributed by atoms with E-state index in [0.717, 1.165) is 16.7 Å². The molecule has 0 fully saturated rings. The highest BCUT2D eigenvalue weighted by atomic mass is 16.5. The summed E-state index contributed by atoms with van der Waals surface area (Å²) < 4.78 is 6.05. The second kappa shape index (κ2) is 6.51. The predicted octanol–water partition coefficient (Wildman–Crippen LogP) is 4.97. The van der Waals surface area contributed by atoms with E-state index >= 15 is 0 Å². The first-order valence-corrected chi connectivity index (χ1v) is 8.98. The quantitative estimate of drug-likeness (QED) is 0.521. The molecular weight excluding hydrogens is 336 g/mol. The third kappa shape index (κ3) is 2.85. The van der Waals surface area contributed by atoms with E-state index in [-0.39, 0.29) is 11.6 Å². The van der Waals surface area contributed by atoms with Gasteiger partial charge in [-0.05, 0) is 43.5 Å². The Labute approximate surface area is 158 Å². The Kier molecular flexibility index (Phi) is 4.15. The molecule has 0 atom stereocenters. The van der Waals surface area contributed by atoms with E-state index in [1.165, 1.54) is 5.56 Å². The fraction of sp³-hybridized carbons (Fsp3) is 0.167. The molecule has 0 bridgehead atoms. The minimum Gasteiger partial charge on any atom is -0.488 e. The molecule has 0 unspecified atom stereocenters. The number of aryl methyl sites for hydroxylation is 3. The summed E-state index contributed by atoms with van der Waals surface area (Å²) in [6.45, 7) is 6.55. The maximum Gasteiger partial charge on any atom is 0.198 e. The molecule has 3 aromatic rings. The van der Waals surface area contributed by atoms with Gasteiger partial charge in [-0.1, -0.05) is 54.1 Å². The molecule has 0 spiro atoms. The maximum atomic E-state index is 13.0. The van der Waals surface area contributed by atoms with Gasteiger partial charge in [-0.2, -0.15) is 0 Å². The van der Waals surface area contributed by atoms with Crippen molar-refractivity contribution in [2.24, 2.45) is 0 Å². The van der Waals surface area contributed by atoms with Crippen LogP contribution in [0.2, 0.25) is 0 Å². The van der Waals surface area contributed by atoms with Crippen molar-refractivity contribution in [2.75, 3.05) is 0 Å². The highest BCUT2D eigenvalue weighted by Crippen LogP contribution is 2.33. The largest absolute Gasteiger partial charge is 0.488 e. The summed E-state index contributed by atoms with van der Waals surface area (Å²) in [7, 11) is 0. The van der Waals surface area contributed by atoms with Crippen LogP contribution in [-0.2, 0) is 6.61 Å². The number of hydrogen-bond donors (Lipinski definition) is 0. The Morgan fingerprint density at radius 2 is 1.33 bits per heavy atom. The fourth-order valence-electron chi connectivity index (χ4n) is 3.82. The summed E-state index contributed by atoms with van der Waals surface area (Å²) in [6, 6.07) is 16.4. The molecule has 134 valence electrons. The summed E-state index contributed by atoms with van der Waals surface area (Å²) in [5.74, 6) is 0.168. The summed E-state index contributed by atoms with van der Waals surface area (Å²) >= 11 is 0. The first-order valence-electron chi connectivity index (χ1n) is 8.98. The van der Waals surface area contributed by atoms with Gasteiger partial charge in [-0.25, -0.2) is 0 Å². The van der Waals surface area contributed by atoms with Crippen LogP contribution >= 0.6 is 0 Å². The van der Waals surface area contributed by atoms with Gasteiger partial charge < -0.3 is 4.74 Å². The molecule has 0 radical (unpaired) electrons. The molecule has 0 aromatic heterocycles. The lowest BCUT2D eigenvalue weighted by Crippen LogP contribution is -2.21. The number of hydrogen-bond acceptors (Lipinski definition) is 3. The van der Waals surface area contributed by atoms with Crippen LogP contribution in [-0.4, -0.2) is 11.6 Å². The molecule has 1 aliphatic rings. The Morgan fingerprint density at radius 3 is 2.00 bits per heavy atom. The molecule has 0 saturated heterocycles. The third-order valence-corrected chi connectivity index (χ3v) is 5.13. The van der Waals surface area contributed by atoms with Gasteiger partial charge in [0.1, 0.15) is 12.4 Å². The van der Waals surface area contributed by atoms with Gasteiger partial charge in [0, 0.05) is 16.7 Å². The third-order valence-electron chi connectivity index (χ3n) is 5.13. The van der Waals surface area contributed by atoms with Gasteiger partial charge in [0.05, 0.1) is 5.56 Å². The van der Waals surface area contributed by atoms with E-state index in [9.17, 15) is 9.59 Å². The van der Waals surface area contributed by atoms with E-state index in [0.29, 0.717) is 34.6 Å². The summed E-state index contributed by atoms with van der Waals surface area (Å²) in [4.78, 5) is 25.8. The van der Waals surface area contributed by atoms with Crippen molar-refractivity contribution in [3.05, 3.63) is 99.1 Å². The lowest BCUT2D eigenvalue weighted by atomic mass is 9.83. The Balaban J connectivity index is 1.73. The van der Waals surface area contributed by atoms with E-state index in [2.05, 4.69) is 32.9 Å². The molecule has 3 nitrogen and oxygen atoms in total. The zero-order valence-electron chi connectivity index (χ0n) is 15.6. The molecule has 0 amide bonds. The Bertz CT molecular complexity index is 1070. The van der Waals surface area contributed by atoms with Crippen LogP contribution in [0.15, 0.2) is 54.6 Å². The van der Waals surface area contributed by atoms with Gasteiger partial charge >= 0.3 is 0 Å². The standard InChI is InChI=1S/C24H20O3/c1-14-11-15(2)20(16(3)12-14)13-27-21-10-6-9-19-22(21)24(26)18-8-5-4-7-17(18)23(19)25/h4-12H,13H2,1-3H3. The highest BCUT2D eigenvalue weighted by Gasteiger charge is 2.31. The SMILES string of the molecule is Cc1cc(C)c(COc2cccc3c2C(=O)c2ccccc2C3=O)c(C)c1. The average Bonchev–Trinajstić information content (AvgIpc) is 2.65.